The molecule has 16 heavy (non-hydrogen) atoms. The molecule has 1 fully saturated rings. The predicted octanol–water partition coefficient (Wildman–Crippen LogP) is 1.67. The van der Waals surface area contributed by atoms with E-state index in [4.69, 9.17) is 10.5 Å². The van der Waals surface area contributed by atoms with Gasteiger partial charge in [-0.05, 0) is 25.2 Å². The van der Waals surface area contributed by atoms with Crippen LogP contribution < -0.4 is 15.8 Å². The second-order valence-electron chi connectivity index (χ2n) is 4.41. The summed E-state index contributed by atoms with van der Waals surface area (Å²) in [5, 5.41) is 3.38. The zero-order chi connectivity index (χ0) is 11.5. The molecule has 5 nitrogen and oxygen atoms in total. The Bertz CT molecular complexity index is 369. The Morgan fingerprint density at radius 3 is 2.88 bits per heavy atom. The SMILES string of the molecule is COc1cc(NC2CCC(C)C2)nc(N)n1. The average molecular weight is 222 g/mol. The molecule has 0 saturated heterocycles. The van der Waals surface area contributed by atoms with Crippen LogP contribution in [0.2, 0.25) is 0 Å². The van der Waals surface area contributed by atoms with E-state index in [1.54, 1.807) is 13.2 Å². The molecular weight excluding hydrogens is 204 g/mol. The van der Waals surface area contributed by atoms with Gasteiger partial charge < -0.3 is 15.8 Å². The molecule has 0 radical (unpaired) electrons. The largest absolute Gasteiger partial charge is 0.481 e. The molecule has 1 aliphatic carbocycles. The molecule has 5 heteroatoms. The van der Waals surface area contributed by atoms with Gasteiger partial charge in [0, 0.05) is 12.1 Å². The number of nitrogen functional groups attached to an aromatic ring is 1. The number of hydrogen-bond acceptors (Lipinski definition) is 5. The molecule has 0 aliphatic heterocycles. The lowest BCUT2D eigenvalue weighted by atomic mass is 10.1. The number of nitrogens with two attached hydrogens (primary N) is 1. The third-order valence-electron chi connectivity index (χ3n) is 2.98. The maximum atomic E-state index is 5.59. The van der Waals surface area contributed by atoms with Crippen LogP contribution >= 0.6 is 0 Å². The van der Waals surface area contributed by atoms with Gasteiger partial charge in [-0.3, -0.25) is 0 Å². The normalized spacial score (nSPS) is 24.4. The van der Waals surface area contributed by atoms with E-state index in [-0.39, 0.29) is 5.95 Å². The highest BCUT2D eigenvalue weighted by molar-refractivity contribution is 5.43. The van der Waals surface area contributed by atoms with Gasteiger partial charge in [0.2, 0.25) is 11.8 Å². The smallest absolute Gasteiger partial charge is 0.225 e. The summed E-state index contributed by atoms with van der Waals surface area (Å²) < 4.78 is 5.05. The summed E-state index contributed by atoms with van der Waals surface area (Å²) in [6.45, 7) is 2.27. The zero-order valence-corrected chi connectivity index (χ0v) is 9.73. The van der Waals surface area contributed by atoms with Crippen molar-refractivity contribution in [1.82, 2.24) is 9.97 Å². The van der Waals surface area contributed by atoms with Crippen molar-refractivity contribution in [2.24, 2.45) is 5.92 Å². The van der Waals surface area contributed by atoms with Crippen LogP contribution in [0.3, 0.4) is 0 Å². The number of rotatable bonds is 3. The lowest BCUT2D eigenvalue weighted by Crippen LogP contribution is -2.17. The number of nitrogens with zero attached hydrogens (tertiary/aromatic N) is 2. The Morgan fingerprint density at radius 2 is 2.25 bits per heavy atom. The Hall–Kier alpha value is -1.52. The Labute approximate surface area is 95.4 Å². The van der Waals surface area contributed by atoms with Crippen molar-refractivity contribution >= 4 is 11.8 Å². The van der Waals surface area contributed by atoms with Crippen molar-refractivity contribution in [2.75, 3.05) is 18.2 Å². The summed E-state index contributed by atoms with van der Waals surface area (Å²) >= 11 is 0. The van der Waals surface area contributed by atoms with Gasteiger partial charge in [-0.1, -0.05) is 6.92 Å². The molecule has 3 N–H and O–H groups in total. The number of methoxy groups -OCH3 is 1. The van der Waals surface area contributed by atoms with Crippen LogP contribution in [0, 0.1) is 5.92 Å². The van der Waals surface area contributed by atoms with Gasteiger partial charge in [0.25, 0.3) is 0 Å². The first-order valence-corrected chi connectivity index (χ1v) is 5.62. The fourth-order valence-corrected chi connectivity index (χ4v) is 2.17. The van der Waals surface area contributed by atoms with E-state index in [0.29, 0.717) is 11.9 Å². The molecular formula is C11H18N4O. The van der Waals surface area contributed by atoms with Crippen molar-refractivity contribution in [1.29, 1.82) is 0 Å². The Kier molecular flexibility index (Phi) is 3.12. The van der Waals surface area contributed by atoms with E-state index in [0.717, 1.165) is 11.7 Å². The van der Waals surface area contributed by atoms with E-state index in [1.807, 2.05) is 0 Å². The summed E-state index contributed by atoms with van der Waals surface area (Å²) in [6, 6.07) is 2.27. The van der Waals surface area contributed by atoms with Crippen LogP contribution in [-0.4, -0.2) is 23.1 Å². The second kappa shape index (κ2) is 4.55. The summed E-state index contributed by atoms with van der Waals surface area (Å²) in [4.78, 5) is 8.09. The van der Waals surface area contributed by atoms with Crippen LogP contribution in [-0.2, 0) is 0 Å². The van der Waals surface area contributed by atoms with Gasteiger partial charge in [0.05, 0.1) is 7.11 Å². The van der Waals surface area contributed by atoms with Crippen molar-refractivity contribution < 1.29 is 4.74 Å². The van der Waals surface area contributed by atoms with E-state index < -0.39 is 0 Å². The minimum atomic E-state index is 0.243. The lowest BCUT2D eigenvalue weighted by Gasteiger charge is -2.13. The van der Waals surface area contributed by atoms with Crippen LogP contribution in [0.15, 0.2) is 6.07 Å². The van der Waals surface area contributed by atoms with Crippen LogP contribution in [0.25, 0.3) is 0 Å². The molecule has 2 unspecified atom stereocenters. The fourth-order valence-electron chi connectivity index (χ4n) is 2.17. The van der Waals surface area contributed by atoms with E-state index >= 15 is 0 Å². The Balaban J connectivity index is 2.06. The van der Waals surface area contributed by atoms with E-state index in [2.05, 4.69) is 22.2 Å². The number of aromatic nitrogens is 2. The Morgan fingerprint density at radius 1 is 1.44 bits per heavy atom. The van der Waals surface area contributed by atoms with Crippen molar-refractivity contribution in [3.05, 3.63) is 6.07 Å². The minimum absolute atomic E-state index is 0.243. The molecule has 0 spiro atoms. The third kappa shape index (κ3) is 2.53. The molecule has 1 aliphatic rings. The van der Waals surface area contributed by atoms with Crippen LogP contribution in [0.1, 0.15) is 26.2 Å². The third-order valence-corrected chi connectivity index (χ3v) is 2.98. The van der Waals surface area contributed by atoms with Gasteiger partial charge >= 0.3 is 0 Å². The summed E-state index contributed by atoms with van der Waals surface area (Å²) in [5.41, 5.74) is 5.59. The molecule has 1 aromatic heterocycles. The van der Waals surface area contributed by atoms with Crippen molar-refractivity contribution in [2.45, 2.75) is 32.2 Å². The lowest BCUT2D eigenvalue weighted by molar-refractivity contribution is 0.398. The first kappa shape index (κ1) is 11.0. The topological polar surface area (TPSA) is 73.1 Å². The molecule has 1 heterocycles. The summed E-state index contributed by atoms with van der Waals surface area (Å²) in [7, 11) is 1.57. The standard InChI is InChI=1S/C11H18N4O/c1-7-3-4-8(5-7)13-9-6-10(16-2)15-11(12)14-9/h6-8H,3-5H2,1-2H3,(H3,12,13,14,15). The molecule has 0 aromatic carbocycles. The maximum absolute atomic E-state index is 5.59. The number of hydrogen-bond donors (Lipinski definition) is 2. The summed E-state index contributed by atoms with van der Waals surface area (Å²) in [5.74, 6) is 2.29. The zero-order valence-electron chi connectivity index (χ0n) is 9.73. The van der Waals surface area contributed by atoms with Gasteiger partial charge in [-0.15, -0.1) is 0 Å². The highest BCUT2D eigenvalue weighted by Crippen LogP contribution is 2.27. The minimum Gasteiger partial charge on any atom is -0.481 e. The highest BCUT2D eigenvalue weighted by atomic mass is 16.5. The predicted molar refractivity (Wildman–Crippen MR) is 63.4 cm³/mol. The first-order chi connectivity index (χ1) is 7.67. The highest BCUT2D eigenvalue weighted by Gasteiger charge is 2.21. The summed E-state index contributed by atoms with van der Waals surface area (Å²) in [6.07, 6.45) is 3.65. The quantitative estimate of drug-likeness (QED) is 0.813. The number of ether oxygens (including phenoxy) is 1. The van der Waals surface area contributed by atoms with Crippen molar-refractivity contribution in [3.8, 4) is 5.88 Å². The molecule has 1 aromatic rings. The molecule has 1 saturated carbocycles. The molecule has 0 bridgehead atoms. The average Bonchev–Trinajstić information content (AvgIpc) is 2.63. The molecule has 2 rings (SSSR count). The van der Waals surface area contributed by atoms with Gasteiger partial charge in [0.1, 0.15) is 5.82 Å². The molecule has 88 valence electrons. The van der Waals surface area contributed by atoms with Crippen molar-refractivity contribution in [3.63, 3.8) is 0 Å². The van der Waals surface area contributed by atoms with E-state index in [1.165, 1.54) is 19.3 Å². The number of anilines is 2. The van der Waals surface area contributed by atoms with Gasteiger partial charge in [-0.25, -0.2) is 0 Å². The van der Waals surface area contributed by atoms with Gasteiger partial charge in [-0.2, -0.15) is 9.97 Å². The molecule has 0 amide bonds. The molecule has 2 atom stereocenters. The second-order valence-corrected chi connectivity index (χ2v) is 4.41. The number of nitrogens with one attached hydrogen (secondary N) is 1. The van der Waals surface area contributed by atoms with Gasteiger partial charge in [0.15, 0.2) is 0 Å². The maximum Gasteiger partial charge on any atom is 0.225 e. The van der Waals surface area contributed by atoms with E-state index in [9.17, 15) is 0 Å². The van der Waals surface area contributed by atoms with Crippen LogP contribution in [0.5, 0.6) is 5.88 Å². The monoisotopic (exact) mass is 222 g/mol. The first-order valence-electron chi connectivity index (χ1n) is 5.62. The van der Waals surface area contributed by atoms with Crippen LogP contribution in [0.4, 0.5) is 11.8 Å². The fraction of sp³-hybridized carbons (Fsp3) is 0.636.